The van der Waals surface area contributed by atoms with Crippen molar-refractivity contribution >= 4 is 17.6 Å². The van der Waals surface area contributed by atoms with E-state index in [2.05, 4.69) is 0 Å². The predicted molar refractivity (Wildman–Crippen MR) is 76.0 cm³/mol. The number of carbonyl (C=O) groups excluding carboxylic acids is 1. The molecule has 1 amide bonds. The highest BCUT2D eigenvalue weighted by Gasteiger charge is 2.22. The SMILES string of the molecule is CCN(CCC(=O)O)C(=O)C(C)c1cccc([N+](=O)[O-])c1. The van der Waals surface area contributed by atoms with Gasteiger partial charge in [-0.25, -0.2) is 0 Å². The van der Waals surface area contributed by atoms with E-state index in [1.807, 2.05) is 0 Å². The van der Waals surface area contributed by atoms with Gasteiger partial charge in [0.05, 0.1) is 17.3 Å². The number of carboxylic acid groups (broad SMARTS) is 1. The summed E-state index contributed by atoms with van der Waals surface area (Å²) in [5.74, 6) is -1.76. The molecule has 1 aromatic rings. The topological polar surface area (TPSA) is 101 Å². The number of hydrogen-bond donors (Lipinski definition) is 1. The minimum absolute atomic E-state index is 0.0688. The Labute approximate surface area is 122 Å². The molecule has 114 valence electrons. The Morgan fingerprint density at radius 1 is 1.43 bits per heavy atom. The molecule has 0 aliphatic carbocycles. The van der Waals surface area contributed by atoms with Crippen molar-refractivity contribution in [2.75, 3.05) is 13.1 Å². The van der Waals surface area contributed by atoms with Gasteiger partial charge in [0.2, 0.25) is 5.91 Å². The molecule has 1 N–H and O–H groups in total. The molecule has 0 bridgehead atoms. The number of carboxylic acids is 1. The van der Waals surface area contributed by atoms with E-state index in [9.17, 15) is 19.7 Å². The number of nitro groups is 1. The Bertz CT molecular complexity index is 544. The Hall–Kier alpha value is -2.44. The molecule has 0 aliphatic rings. The fourth-order valence-electron chi connectivity index (χ4n) is 1.98. The van der Waals surface area contributed by atoms with Gasteiger partial charge in [0.25, 0.3) is 5.69 Å². The summed E-state index contributed by atoms with van der Waals surface area (Å²) < 4.78 is 0. The lowest BCUT2D eigenvalue weighted by molar-refractivity contribution is -0.384. The van der Waals surface area contributed by atoms with Crippen molar-refractivity contribution < 1.29 is 19.6 Å². The van der Waals surface area contributed by atoms with Crippen LogP contribution < -0.4 is 0 Å². The molecule has 1 atom stereocenters. The maximum absolute atomic E-state index is 12.3. The highest BCUT2D eigenvalue weighted by Crippen LogP contribution is 2.22. The van der Waals surface area contributed by atoms with Crippen molar-refractivity contribution in [2.45, 2.75) is 26.2 Å². The van der Waals surface area contributed by atoms with E-state index in [4.69, 9.17) is 5.11 Å². The van der Waals surface area contributed by atoms with Crippen LogP contribution in [0.2, 0.25) is 0 Å². The van der Waals surface area contributed by atoms with Crippen molar-refractivity contribution in [3.63, 3.8) is 0 Å². The zero-order chi connectivity index (χ0) is 16.0. The van der Waals surface area contributed by atoms with E-state index < -0.39 is 16.8 Å². The lowest BCUT2D eigenvalue weighted by Crippen LogP contribution is -2.35. The summed E-state index contributed by atoms with van der Waals surface area (Å²) in [7, 11) is 0. The number of rotatable bonds is 7. The Kier molecular flexibility index (Phi) is 5.83. The van der Waals surface area contributed by atoms with Gasteiger partial charge < -0.3 is 10.0 Å². The normalized spacial score (nSPS) is 11.7. The summed E-state index contributed by atoms with van der Waals surface area (Å²) in [5.41, 5.74) is 0.476. The summed E-state index contributed by atoms with van der Waals surface area (Å²) in [6, 6.07) is 5.92. The maximum Gasteiger partial charge on any atom is 0.305 e. The second-order valence-corrected chi connectivity index (χ2v) is 4.64. The number of benzene rings is 1. The average Bonchev–Trinajstić information content (AvgIpc) is 2.46. The van der Waals surface area contributed by atoms with E-state index in [1.54, 1.807) is 19.9 Å². The average molecular weight is 294 g/mol. The summed E-state index contributed by atoms with van der Waals surface area (Å²) >= 11 is 0. The van der Waals surface area contributed by atoms with Crippen LogP contribution in [0, 0.1) is 10.1 Å². The highest BCUT2D eigenvalue weighted by molar-refractivity contribution is 5.84. The Morgan fingerprint density at radius 2 is 2.10 bits per heavy atom. The van der Waals surface area contributed by atoms with Crippen molar-refractivity contribution in [3.8, 4) is 0 Å². The molecule has 1 rings (SSSR count). The lowest BCUT2D eigenvalue weighted by atomic mass is 9.99. The third-order valence-electron chi connectivity index (χ3n) is 3.24. The van der Waals surface area contributed by atoms with E-state index >= 15 is 0 Å². The molecule has 0 heterocycles. The second kappa shape index (κ2) is 7.37. The van der Waals surface area contributed by atoms with E-state index in [0.717, 1.165) is 0 Å². The van der Waals surface area contributed by atoms with Crippen LogP contribution in [0.4, 0.5) is 5.69 Å². The molecule has 0 aliphatic heterocycles. The van der Waals surface area contributed by atoms with E-state index in [-0.39, 0.29) is 24.6 Å². The molecule has 0 radical (unpaired) electrons. The zero-order valence-corrected chi connectivity index (χ0v) is 12.0. The fourth-order valence-corrected chi connectivity index (χ4v) is 1.98. The van der Waals surface area contributed by atoms with Crippen molar-refractivity contribution in [1.29, 1.82) is 0 Å². The molecule has 0 fully saturated rings. The minimum Gasteiger partial charge on any atom is -0.481 e. The van der Waals surface area contributed by atoms with Crippen molar-refractivity contribution in [2.24, 2.45) is 0 Å². The van der Waals surface area contributed by atoms with Crippen LogP contribution in [0.5, 0.6) is 0 Å². The standard InChI is InChI=1S/C14H18N2O5/c1-3-15(8-7-13(17)18)14(19)10(2)11-5-4-6-12(9-11)16(20)21/h4-6,9-10H,3,7-8H2,1-2H3,(H,17,18). The van der Waals surface area contributed by atoms with E-state index in [0.29, 0.717) is 12.1 Å². The summed E-state index contributed by atoms with van der Waals surface area (Å²) in [6.07, 6.45) is -0.124. The molecule has 1 aromatic carbocycles. The second-order valence-electron chi connectivity index (χ2n) is 4.64. The first kappa shape index (κ1) is 16.6. The van der Waals surface area contributed by atoms with Crippen molar-refractivity contribution in [3.05, 3.63) is 39.9 Å². The van der Waals surface area contributed by atoms with Gasteiger partial charge in [-0.1, -0.05) is 12.1 Å². The quantitative estimate of drug-likeness (QED) is 0.612. The molecule has 7 nitrogen and oxygen atoms in total. The zero-order valence-electron chi connectivity index (χ0n) is 12.0. The first-order valence-corrected chi connectivity index (χ1v) is 6.61. The first-order chi connectivity index (χ1) is 9.86. The number of aliphatic carboxylic acids is 1. The molecule has 1 unspecified atom stereocenters. The van der Waals surface area contributed by atoms with Crippen LogP contribution >= 0.6 is 0 Å². The van der Waals surface area contributed by atoms with Crippen LogP contribution in [0.25, 0.3) is 0 Å². The lowest BCUT2D eigenvalue weighted by Gasteiger charge is -2.24. The first-order valence-electron chi connectivity index (χ1n) is 6.61. The smallest absolute Gasteiger partial charge is 0.305 e. The van der Waals surface area contributed by atoms with Crippen LogP contribution in [-0.4, -0.2) is 39.9 Å². The van der Waals surface area contributed by atoms with Gasteiger partial charge in [0, 0.05) is 25.2 Å². The number of non-ortho nitro benzene ring substituents is 1. The van der Waals surface area contributed by atoms with Gasteiger partial charge in [-0.3, -0.25) is 19.7 Å². The van der Waals surface area contributed by atoms with Gasteiger partial charge in [-0.05, 0) is 19.4 Å². The van der Waals surface area contributed by atoms with Gasteiger partial charge in [0.1, 0.15) is 0 Å². The van der Waals surface area contributed by atoms with Crippen LogP contribution in [0.15, 0.2) is 24.3 Å². The molecule has 0 spiro atoms. The fraction of sp³-hybridized carbons (Fsp3) is 0.429. The van der Waals surface area contributed by atoms with Gasteiger partial charge in [-0.2, -0.15) is 0 Å². The van der Waals surface area contributed by atoms with Gasteiger partial charge in [-0.15, -0.1) is 0 Å². The third kappa shape index (κ3) is 4.55. The summed E-state index contributed by atoms with van der Waals surface area (Å²) in [5, 5.41) is 19.4. The number of likely N-dealkylation sites (N-methyl/N-ethyl adjacent to an activating group) is 1. The molecule has 0 aromatic heterocycles. The Balaban J connectivity index is 2.87. The van der Waals surface area contributed by atoms with Crippen LogP contribution in [-0.2, 0) is 9.59 Å². The summed E-state index contributed by atoms with van der Waals surface area (Å²) in [6.45, 7) is 3.94. The number of carbonyl (C=O) groups is 2. The summed E-state index contributed by atoms with van der Waals surface area (Å²) in [4.78, 5) is 34.6. The molecular weight excluding hydrogens is 276 g/mol. The molecular formula is C14H18N2O5. The predicted octanol–water partition coefficient (Wildman–Crippen LogP) is 2.02. The minimum atomic E-state index is -0.968. The number of nitrogens with zero attached hydrogens (tertiary/aromatic N) is 2. The van der Waals surface area contributed by atoms with Crippen LogP contribution in [0.3, 0.4) is 0 Å². The van der Waals surface area contributed by atoms with Gasteiger partial charge in [0.15, 0.2) is 0 Å². The largest absolute Gasteiger partial charge is 0.481 e. The Morgan fingerprint density at radius 3 is 2.62 bits per heavy atom. The van der Waals surface area contributed by atoms with Gasteiger partial charge >= 0.3 is 5.97 Å². The molecule has 0 saturated carbocycles. The van der Waals surface area contributed by atoms with E-state index in [1.165, 1.54) is 23.1 Å². The highest BCUT2D eigenvalue weighted by atomic mass is 16.6. The number of hydrogen-bond acceptors (Lipinski definition) is 4. The van der Waals surface area contributed by atoms with Crippen molar-refractivity contribution in [1.82, 2.24) is 4.90 Å². The molecule has 0 saturated heterocycles. The maximum atomic E-state index is 12.3. The molecule has 21 heavy (non-hydrogen) atoms. The number of amides is 1. The monoisotopic (exact) mass is 294 g/mol. The number of nitro benzene ring substituents is 1. The third-order valence-corrected chi connectivity index (χ3v) is 3.24. The molecule has 7 heteroatoms. The van der Waals surface area contributed by atoms with Crippen LogP contribution in [0.1, 0.15) is 31.7 Å².